The van der Waals surface area contributed by atoms with Crippen LogP contribution in [0.5, 0.6) is 0 Å². The van der Waals surface area contributed by atoms with Gasteiger partial charge in [-0.2, -0.15) is 0 Å². The third kappa shape index (κ3) is 3.48. The van der Waals surface area contributed by atoms with Gasteiger partial charge in [0, 0.05) is 32.5 Å². The summed E-state index contributed by atoms with van der Waals surface area (Å²) >= 11 is 0. The molecule has 1 aromatic rings. The van der Waals surface area contributed by atoms with E-state index in [-0.39, 0.29) is 17.6 Å². The fourth-order valence-electron chi connectivity index (χ4n) is 4.00. The van der Waals surface area contributed by atoms with Crippen LogP contribution in [0.4, 0.5) is 5.69 Å². The molecule has 1 spiro atoms. The van der Waals surface area contributed by atoms with Gasteiger partial charge in [-0.3, -0.25) is 9.69 Å². The highest BCUT2D eigenvalue weighted by atomic mass is 16.5. The SMILES string of the molecule is CO[C@@H]1CN(CC(=O)Nc2c(C)cccc2C)CC[C@]12CCCO2. The van der Waals surface area contributed by atoms with E-state index in [0.29, 0.717) is 6.54 Å². The standard InChI is InChI=1S/C19H28N2O3/c1-14-6-4-7-15(2)18(14)20-17(22)13-21-10-9-19(8-5-11-24-19)16(12-21)23-3/h4,6-7,16H,5,8-13H2,1-3H3,(H,20,22)/t16-,19-/m1/s1. The Hall–Kier alpha value is -1.43. The van der Waals surface area contributed by atoms with Gasteiger partial charge in [-0.15, -0.1) is 0 Å². The highest BCUT2D eigenvalue weighted by molar-refractivity contribution is 5.93. The smallest absolute Gasteiger partial charge is 0.238 e. The summed E-state index contributed by atoms with van der Waals surface area (Å²) in [5.41, 5.74) is 2.98. The van der Waals surface area contributed by atoms with E-state index < -0.39 is 0 Å². The second kappa shape index (κ2) is 7.21. The van der Waals surface area contributed by atoms with Crippen LogP contribution in [0.2, 0.25) is 0 Å². The maximum absolute atomic E-state index is 12.5. The maximum atomic E-state index is 12.5. The number of carbonyl (C=O) groups excluding carboxylic acids is 1. The number of aryl methyl sites for hydroxylation is 2. The average Bonchev–Trinajstić information content (AvgIpc) is 3.02. The van der Waals surface area contributed by atoms with Crippen molar-refractivity contribution in [2.45, 2.75) is 44.8 Å². The minimum Gasteiger partial charge on any atom is -0.377 e. The van der Waals surface area contributed by atoms with Crippen molar-refractivity contribution in [2.24, 2.45) is 0 Å². The molecule has 0 saturated carbocycles. The molecule has 2 aliphatic rings. The van der Waals surface area contributed by atoms with Crippen molar-refractivity contribution in [3.05, 3.63) is 29.3 Å². The number of methoxy groups -OCH3 is 1. The summed E-state index contributed by atoms with van der Waals surface area (Å²) in [5.74, 6) is 0.0329. The largest absolute Gasteiger partial charge is 0.377 e. The second-order valence-corrected chi connectivity index (χ2v) is 7.04. The van der Waals surface area contributed by atoms with Crippen molar-refractivity contribution in [1.29, 1.82) is 0 Å². The Kier molecular flexibility index (Phi) is 5.23. The zero-order valence-corrected chi connectivity index (χ0v) is 14.9. The number of hydrogen-bond donors (Lipinski definition) is 1. The molecular formula is C19H28N2O3. The molecule has 1 N–H and O–H groups in total. The Bertz CT molecular complexity index is 576. The highest BCUT2D eigenvalue weighted by Gasteiger charge is 2.46. The molecule has 0 aliphatic carbocycles. The number of benzene rings is 1. The van der Waals surface area contributed by atoms with Gasteiger partial charge >= 0.3 is 0 Å². The van der Waals surface area contributed by atoms with Gasteiger partial charge in [0.15, 0.2) is 0 Å². The summed E-state index contributed by atoms with van der Waals surface area (Å²) in [6.07, 6.45) is 3.14. The first kappa shape index (κ1) is 17.4. The molecule has 132 valence electrons. The van der Waals surface area contributed by atoms with Crippen LogP contribution in [0.1, 0.15) is 30.4 Å². The molecule has 5 heteroatoms. The van der Waals surface area contributed by atoms with E-state index in [1.807, 2.05) is 32.0 Å². The lowest BCUT2D eigenvalue weighted by molar-refractivity contribution is -0.145. The van der Waals surface area contributed by atoms with Gasteiger partial charge in [0.1, 0.15) is 0 Å². The zero-order valence-electron chi connectivity index (χ0n) is 14.9. The van der Waals surface area contributed by atoms with Crippen molar-refractivity contribution in [3.63, 3.8) is 0 Å². The van der Waals surface area contributed by atoms with Crippen molar-refractivity contribution in [3.8, 4) is 0 Å². The maximum Gasteiger partial charge on any atom is 0.238 e. The fraction of sp³-hybridized carbons (Fsp3) is 0.632. The van der Waals surface area contributed by atoms with Crippen LogP contribution >= 0.6 is 0 Å². The molecule has 0 bridgehead atoms. The van der Waals surface area contributed by atoms with Crippen molar-refractivity contribution in [1.82, 2.24) is 4.90 Å². The number of nitrogens with one attached hydrogen (secondary N) is 1. The van der Waals surface area contributed by atoms with Crippen LogP contribution in [-0.4, -0.2) is 55.9 Å². The Balaban J connectivity index is 1.59. The molecule has 1 aromatic carbocycles. The fourth-order valence-corrected chi connectivity index (χ4v) is 4.00. The van der Waals surface area contributed by atoms with Gasteiger partial charge in [-0.25, -0.2) is 0 Å². The van der Waals surface area contributed by atoms with E-state index in [9.17, 15) is 4.79 Å². The first-order valence-corrected chi connectivity index (χ1v) is 8.79. The molecule has 1 amide bonds. The van der Waals surface area contributed by atoms with E-state index in [4.69, 9.17) is 9.47 Å². The van der Waals surface area contributed by atoms with Gasteiger partial charge in [-0.1, -0.05) is 18.2 Å². The molecule has 24 heavy (non-hydrogen) atoms. The van der Waals surface area contributed by atoms with Crippen LogP contribution < -0.4 is 5.32 Å². The Morgan fingerprint density at radius 2 is 2.12 bits per heavy atom. The normalized spacial score (nSPS) is 27.5. The summed E-state index contributed by atoms with van der Waals surface area (Å²) in [4.78, 5) is 14.6. The van der Waals surface area contributed by atoms with Gasteiger partial charge in [0.05, 0.1) is 18.2 Å². The molecule has 0 aromatic heterocycles. The first-order valence-electron chi connectivity index (χ1n) is 8.79. The summed E-state index contributed by atoms with van der Waals surface area (Å²) in [7, 11) is 1.74. The average molecular weight is 332 g/mol. The van der Waals surface area contributed by atoms with Crippen molar-refractivity contribution < 1.29 is 14.3 Å². The lowest BCUT2D eigenvalue weighted by atomic mass is 9.86. The van der Waals surface area contributed by atoms with Gasteiger partial charge in [0.2, 0.25) is 5.91 Å². The monoisotopic (exact) mass is 332 g/mol. The van der Waals surface area contributed by atoms with Crippen LogP contribution in [-0.2, 0) is 14.3 Å². The molecule has 2 heterocycles. The van der Waals surface area contributed by atoms with E-state index in [1.54, 1.807) is 7.11 Å². The lowest BCUT2D eigenvalue weighted by Gasteiger charge is -2.44. The number of likely N-dealkylation sites (tertiary alicyclic amines) is 1. The quantitative estimate of drug-likeness (QED) is 0.920. The summed E-state index contributed by atoms with van der Waals surface area (Å²) in [5, 5.41) is 3.07. The molecule has 2 fully saturated rings. The topological polar surface area (TPSA) is 50.8 Å². The molecular weight excluding hydrogens is 304 g/mol. The summed E-state index contributed by atoms with van der Waals surface area (Å²) < 4.78 is 11.7. The number of rotatable bonds is 4. The number of ether oxygens (including phenoxy) is 2. The van der Waals surface area contributed by atoms with E-state index >= 15 is 0 Å². The molecule has 2 atom stereocenters. The van der Waals surface area contributed by atoms with Gasteiger partial charge < -0.3 is 14.8 Å². The summed E-state index contributed by atoms with van der Waals surface area (Å²) in [6, 6.07) is 6.05. The minimum absolute atomic E-state index is 0.0329. The van der Waals surface area contributed by atoms with Crippen LogP contribution in [0.15, 0.2) is 18.2 Å². The zero-order chi connectivity index (χ0) is 17.2. The van der Waals surface area contributed by atoms with Gasteiger partial charge in [0.25, 0.3) is 0 Å². The number of para-hydroxylation sites is 1. The number of amides is 1. The number of hydrogen-bond acceptors (Lipinski definition) is 4. The summed E-state index contributed by atoms with van der Waals surface area (Å²) in [6.45, 7) is 6.88. The van der Waals surface area contributed by atoms with Crippen molar-refractivity contribution in [2.75, 3.05) is 38.7 Å². The predicted molar refractivity (Wildman–Crippen MR) is 94.3 cm³/mol. The Morgan fingerprint density at radius 1 is 1.38 bits per heavy atom. The Labute approximate surface area is 144 Å². The van der Waals surface area contributed by atoms with E-state index in [0.717, 1.165) is 55.8 Å². The minimum atomic E-state index is -0.131. The predicted octanol–water partition coefficient (Wildman–Crippen LogP) is 2.51. The molecule has 2 aliphatic heterocycles. The van der Waals surface area contributed by atoms with Crippen LogP contribution in [0, 0.1) is 13.8 Å². The third-order valence-electron chi connectivity index (χ3n) is 5.39. The number of nitrogens with zero attached hydrogens (tertiary/aromatic N) is 1. The molecule has 0 radical (unpaired) electrons. The highest BCUT2D eigenvalue weighted by Crippen LogP contribution is 2.37. The number of carbonyl (C=O) groups is 1. The van der Waals surface area contributed by atoms with E-state index in [2.05, 4.69) is 10.2 Å². The lowest BCUT2D eigenvalue weighted by Crippen LogP contribution is -2.57. The van der Waals surface area contributed by atoms with Crippen LogP contribution in [0.25, 0.3) is 0 Å². The number of anilines is 1. The van der Waals surface area contributed by atoms with Gasteiger partial charge in [-0.05, 0) is 44.2 Å². The number of piperidine rings is 1. The molecule has 2 saturated heterocycles. The van der Waals surface area contributed by atoms with Crippen LogP contribution in [0.3, 0.4) is 0 Å². The second-order valence-electron chi connectivity index (χ2n) is 7.04. The third-order valence-corrected chi connectivity index (χ3v) is 5.39. The molecule has 5 nitrogen and oxygen atoms in total. The van der Waals surface area contributed by atoms with E-state index in [1.165, 1.54) is 0 Å². The Morgan fingerprint density at radius 3 is 2.75 bits per heavy atom. The molecule has 0 unspecified atom stereocenters. The molecule has 3 rings (SSSR count). The van der Waals surface area contributed by atoms with Crippen molar-refractivity contribution >= 4 is 11.6 Å². The first-order chi connectivity index (χ1) is 11.5.